The third-order valence-electron chi connectivity index (χ3n) is 7.31. The molecule has 1 aromatic carbocycles. The molecule has 0 aliphatic carbocycles. The average Bonchev–Trinajstić information content (AvgIpc) is 3.45. The number of rotatable bonds is 14. The van der Waals surface area contributed by atoms with Gasteiger partial charge in [-0.3, -0.25) is 19.2 Å². The van der Waals surface area contributed by atoms with Crippen molar-refractivity contribution < 1.29 is 43.3 Å². The van der Waals surface area contributed by atoms with E-state index in [1.165, 1.54) is 30.7 Å². The standard InChI is InChI=1S/C30H45N3O9/c1-18(2)17-24(32(5)29(38)23-9-8-16-33(23)28(37)19(3)34)27(36)31-26(30(39)41-7)20(4)42-25(35)15-12-21-10-13-22(40-6)14-11-21/h10-11,13-14,18-20,23-24,26,34H,8-9,12,15-17H2,1-7H3,(H,31,36)/t19-,20+,23-,24+,26-/m0/s1. The van der Waals surface area contributed by atoms with Crippen LogP contribution in [0, 0.1) is 5.92 Å². The molecule has 3 amide bonds. The second-order valence-corrected chi connectivity index (χ2v) is 11.0. The SMILES string of the molecule is COC(=O)[C@@H](NC(=O)[C@@H](CC(C)C)N(C)C(=O)[C@@H]1CCCN1C(=O)[C@H](C)O)[C@@H](C)OC(=O)CCc1ccc(OC)cc1. The molecular weight excluding hydrogens is 546 g/mol. The maximum atomic E-state index is 13.6. The molecule has 1 aliphatic rings. The number of likely N-dealkylation sites (tertiary alicyclic amines) is 1. The average molecular weight is 592 g/mol. The quantitative estimate of drug-likeness (QED) is 0.306. The van der Waals surface area contributed by atoms with E-state index in [0.717, 1.165) is 12.7 Å². The number of carbonyl (C=O) groups is 5. The van der Waals surface area contributed by atoms with Crippen molar-refractivity contribution in [3.05, 3.63) is 29.8 Å². The molecule has 0 spiro atoms. The molecule has 42 heavy (non-hydrogen) atoms. The Balaban J connectivity index is 2.13. The van der Waals surface area contributed by atoms with E-state index in [4.69, 9.17) is 14.2 Å². The first-order valence-corrected chi connectivity index (χ1v) is 14.3. The lowest BCUT2D eigenvalue weighted by Gasteiger charge is -2.34. The first-order valence-electron chi connectivity index (χ1n) is 14.3. The molecule has 12 nitrogen and oxygen atoms in total. The molecule has 12 heteroatoms. The highest BCUT2D eigenvalue weighted by atomic mass is 16.6. The predicted octanol–water partition coefficient (Wildman–Crippen LogP) is 1.46. The normalized spacial score (nSPS) is 17.5. The summed E-state index contributed by atoms with van der Waals surface area (Å²) >= 11 is 0. The molecule has 2 N–H and O–H groups in total. The number of hydrogen-bond donors (Lipinski definition) is 2. The fourth-order valence-electron chi connectivity index (χ4n) is 4.92. The number of esters is 2. The summed E-state index contributed by atoms with van der Waals surface area (Å²) < 4.78 is 15.5. The maximum Gasteiger partial charge on any atom is 0.332 e. The van der Waals surface area contributed by atoms with E-state index in [9.17, 15) is 29.1 Å². The molecule has 5 atom stereocenters. The largest absolute Gasteiger partial charge is 0.497 e. The number of amides is 3. The van der Waals surface area contributed by atoms with Gasteiger partial charge >= 0.3 is 11.9 Å². The van der Waals surface area contributed by atoms with Gasteiger partial charge in [-0.05, 0) is 63.1 Å². The molecule has 1 heterocycles. The zero-order chi connectivity index (χ0) is 31.6. The zero-order valence-corrected chi connectivity index (χ0v) is 25.6. The molecule has 0 bridgehead atoms. The van der Waals surface area contributed by atoms with Gasteiger partial charge in [0.05, 0.1) is 14.2 Å². The van der Waals surface area contributed by atoms with E-state index in [1.807, 2.05) is 26.0 Å². The number of hydrogen-bond acceptors (Lipinski definition) is 9. The van der Waals surface area contributed by atoms with Crippen LogP contribution in [0.5, 0.6) is 5.75 Å². The number of aryl methyl sites for hydroxylation is 1. The van der Waals surface area contributed by atoms with Crippen LogP contribution >= 0.6 is 0 Å². The Morgan fingerprint density at radius 3 is 2.26 bits per heavy atom. The topological polar surface area (TPSA) is 152 Å². The van der Waals surface area contributed by atoms with E-state index in [2.05, 4.69) is 5.32 Å². The number of aliphatic hydroxyl groups is 1. The summed E-state index contributed by atoms with van der Waals surface area (Å²) in [6, 6.07) is 4.15. The number of nitrogens with one attached hydrogen (secondary N) is 1. The first kappa shape index (κ1) is 34.5. The van der Waals surface area contributed by atoms with Crippen LogP contribution in [0.15, 0.2) is 24.3 Å². The van der Waals surface area contributed by atoms with Gasteiger partial charge in [-0.15, -0.1) is 0 Å². The lowest BCUT2D eigenvalue weighted by Crippen LogP contribution is -2.58. The summed E-state index contributed by atoms with van der Waals surface area (Å²) in [5.41, 5.74) is 0.901. The number of carbonyl (C=O) groups excluding carboxylic acids is 5. The minimum Gasteiger partial charge on any atom is -0.497 e. The highest BCUT2D eigenvalue weighted by molar-refractivity contribution is 5.94. The van der Waals surface area contributed by atoms with Crippen LogP contribution in [0.4, 0.5) is 0 Å². The van der Waals surface area contributed by atoms with Gasteiger partial charge in [-0.2, -0.15) is 0 Å². The van der Waals surface area contributed by atoms with Crippen molar-refractivity contribution >= 4 is 29.7 Å². The Labute approximate surface area is 247 Å². The van der Waals surface area contributed by atoms with E-state index >= 15 is 0 Å². The van der Waals surface area contributed by atoms with Gasteiger partial charge in [0.25, 0.3) is 5.91 Å². The summed E-state index contributed by atoms with van der Waals surface area (Å²) in [6.07, 6.45) is -0.575. The minimum atomic E-state index is -1.31. The number of nitrogens with zero attached hydrogens (tertiary/aromatic N) is 2. The molecular formula is C30H45N3O9. The van der Waals surface area contributed by atoms with Crippen molar-refractivity contribution in [2.24, 2.45) is 5.92 Å². The Kier molecular flexibility index (Phi) is 13.2. The van der Waals surface area contributed by atoms with E-state index in [-0.39, 0.29) is 18.8 Å². The molecule has 0 saturated carbocycles. The summed E-state index contributed by atoms with van der Waals surface area (Å²) in [6.45, 7) is 6.95. The minimum absolute atomic E-state index is 0.000408. The van der Waals surface area contributed by atoms with Crippen LogP contribution in [0.2, 0.25) is 0 Å². The van der Waals surface area contributed by atoms with Gasteiger partial charge in [0.1, 0.15) is 30.0 Å². The second-order valence-electron chi connectivity index (χ2n) is 11.0. The van der Waals surface area contributed by atoms with Crippen molar-refractivity contribution in [1.82, 2.24) is 15.1 Å². The molecule has 1 aromatic rings. The van der Waals surface area contributed by atoms with Crippen LogP contribution in [-0.4, -0.2) is 103 Å². The number of benzene rings is 1. The Morgan fingerprint density at radius 2 is 1.71 bits per heavy atom. The van der Waals surface area contributed by atoms with Crippen LogP contribution in [0.1, 0.15) is 58.9 Å². The molecule has 0 radical (unpaired) electrons. The van der Waals surface area contributed by atoms with Crippen LogP contribution in [0.3, 0.4) is 0 Å². The summed E-state index contributed by atoms with van der Waals surface area (Å²) in [5.74, 6) is -2.27. The predicted molar refractivity (Wildman–Crippen MR) is 153 cm³/mol. The second kappa shape index (κ2) is 16.1. The lowest BCUT2D eigenvalue weighted by molar-refractivity contribution is -0.158. The molecule has 1 saturated heterocycles. The van der Waals surface area contributed by atoms with Crippen LogP contribution < -0.4 is 10.1 Å². The smallest absolute Gasteiger partial charge is 0.332 e. The van der Waals surface area contributed by atoms with E-state index in [0.29, 0.717) is 31.6 Å². The summed E-state index contributed by atoms with van der Waals surface area (Å²) in [7, 11) is 4.21. The molecule has 234 valence electrons. The Bertz CT molecular complexity index is 1090. The number of aliphatic hydroxyl groups excluding tert-OH is 1. The molecule has 1 aliphatic heterocycles. The molecule has 2 rings (SSSR count). The van der Waals surface area contributed by atoms with Gasteiger partial charge in [0, 0.05) is 20.0 Å². The number of methoxy groups -OCH3 is 2. The zero-order valence-electron chi connectivity index (χ0n) is 25.6. The highest BCUT2D eigenvalue weighted by Gasteiger charge is 2.41. The number of ether oxygens (including phenoxy) is 3. The molecule has 1 fully saturated rings. The van der Waals surface area contributed by atoms with Crippen molar-refractivity contribution in [3.8, 4) is 5.75 Å². The van der Waals surface area contributed by atoms with Crippen molar-refractivity contribution in [3.63, 3.8) is 0 Å². The third-order valence-corrected chi connectivity index (χ3v) is 7.31. The fraction of sp³-hybridized carbons (Fsp3) is 0.633. The Morgan fingerprint density at radius 1 is 1.07 bits per heavy atom. The van der Waals surface area contributed by atoms with Crippen molar-refractivity contribution in [1.29, 1.82) is 0 Å². The van der Waals surface area contributed by atoms with Crippen LogP contribution in [0.25, 0.3) is 0 Å². The molecule has 0 aromatic heterocycles. The van der Waals surface area contributed by atoms with Gasteiger partial charge < -0.3 is 34.4 Å². The molecule has 0 unspecified atom stereocenters. The third kappa shape index (κ3) is 9.43. The van der Waals surface area contributed by atoms with Crippen LogP contribution in [-0.2, 0) is 39.9 Å². The highest BCUT2D eigenvalue weighted by Crippen LogP contribution is 2.23. The Hall–Kier alpha value is -3.67. The fourth-order valence-corrected chi connectivity index (χ4v) is 4.92. The van der Waals surface area contributed by atoms with Gasteiger partial charge in [-0.25, -0.2) is 4.79 Å². The van der Waals surface area contributed by atoms with Gasteiger partial charge in [0.2, 0.25) is 11.8 Å². The van der Waals surface area contributed by atoms with Gasteiger partial charge in [0.15, 0.2) is 6.04 Å². The van der Waals surface area contributed by atoms with Crippen molar-refractivity contribution in [2.75, 3.05) is 27.8 Å². The van der Waals surface area contributed by atoms with Crippen molar-refractivity contribution in [2.45, 2.75) is 90.1 Å². The maximum absolute atomic E-state index is 13.6. The van der Waals surface area contributed by atoms with E-state index < -0.39 is 60.0 Å². The monoisotopic (exact) mass is 591 g/mol. The number of likely N-dealkylation sites (N-methyl/N-ethyl adjacent to an activating group) is 1. The first-order chi connectivity index (χ1) is 19.8. The van der Waals surface area contributed by atoms with E-state index in [1.54, 1.807) is 19.2 Å². The summed E-state index contributed by atoms with van der Waals surface area (Å²) in [4.78, 5) is 67.4. The summed E-state index contributed by atoms with van der Waals surface area (Å²) in [5, 5.41) is 12.4. The van der Waals surface area contributed by atoms with Gasteiger partial charge in [-0.1, -0.05) is 26.0 Å². The lowest BCUT2D eigenvalue weighted by atomic mass is 10.00.